The Hall–Kier alpha value is -3.36. The quantitative estimate of drug-likeness (QED) is 0.652. The van der Waals surface area contributed by atoms with Crippen molar-refractivity contribution in [2.24, 2.45) is 5.92 Å². The second-order valence-electron chi connectivity index (χ2n) is 7.91. The minimum Gasteiger partial charge on any atom is -0.490 e. The molecule has 4 rings (SSSR count). The van der Waals surface area contributed by atoms with Gasteiger partial charge in [-0.05, 0) is 43.9 Å². The van der Waals surface area contributed by atoms with Crippen molar-refractivity contribution in [1.82, 2.24) is 14.9 Å². The van der Waals surface area contributed by atoms with E-state index in [1.165, 1.54) is 10.9 Å². The number of nitrogens with one attached hydrogen (secondary N) is 1. The van der Waals surface area contributed by atoms with Crippen LogP contribution in [0, 0.1) is 23.4 Å². The Morgan fingerprint density at radius 3 is 2.47 bits per heavy atom. The van der Waals surface area contributed by atoms with Gasteiger partial charge >= 0.3 is 0 Å². The first kappa shape index (κ1) is 21.9. The van der Waals surface area contributed by atoms with Gasteiger partial charge in [0.25, 0.3) is 5.56 Å². The average molecular weight is 445 g/mol. The van der Waals surface area contributed by atoms with E-state index in [2.05, 4.69) is 10.3 Å². The van der Waals surface area contributed by atoms with Crippen LogP contribution in [0.2, 0.25) is 0 Å². The number of aromatic nitrogens is 2. The van der Waals surface area contributed by atoms with E-state index < -0.39 is 23.0 Å². The van der Waals surface area contributed by atoms with Crippen LogP contribution < -0.4 is 15.6 Å². The van der Waals surface area contributed by atoms with Crippen LogP contribution in [0.1, 0.15) is 31.2 Å². The summed E-state index contributed by atoms with van der Waals surface area (Å²) in [5, 5.41) is 2.91. The van der Waals surface area contributed by atoms with Gasteiger partial charge in [-0.25, -0.2) is 13.2 Å². The first-order valence-corrected chi connectivity index (χ1v) is 10.4. The first-order valence-electron chi connectivity index (χ1n) is 10.4. The minimum absolute atomic E-state index is 0.0138. The number of ether oxygens (including phenoxy) is 1. The summed E-state index contributed by atoms with van der Waals surface area (Å²) < 4.78 is 48.8. The van der Waals surface area contributed by atoms with Crippen LogP contribution in [0.25, 0.3) is 10.9 Å². The van der Waals surface area contributed by atoms with Gasteiger partial charge < -0.3 is 14.6 Å². The molecule has 0 aliphatic heterocycles. The third kappa shape index (κ3) is 4.46. The topological polar surface area (TPSA) is 73.2 Å². The standard InChI is InChI=1S/C23H22F3N3O3/c1-27-22(30)13-2-4-15(5-3-13)32-16-6-7-21-17(10-16)23(31)28-12-29(21)11-18-19(25)8-14(24)9-20(18)26/h6-10,12-13,15H,2-5,11H2,1H3,(H,27,30)/t13-,15-. The molecule has 1 aromatic heterocycles. The Bertz CT molecular complexity index is 1200. The largest absolute Gasteiger partial charge is 0.490 e. The molecule has 3 aromatic rings. The predicted octanol–water partition coefficient (Wildman–Crippen LogP) is 3.55. The van der Waals surface area contributed by atoms with Gasteiger partial charge in [0, 0.05) is 30.7 Å². The van der Waals surface area contributed by atoms with Crippen LogP contribution in [0.15, 0.2) is 41.5 Å². The fourth-order valence-corrected chi connectivity index (χ4v) is 4.12. The molecule has 0 bridgehead atoms. The van der Waals surface area contributed by atoms with Gasteiger partial charge in [0.05, 0.1) is 29.9 Å². The third-order valence-electron chi connectivity index (χ3n) is 5.85. The Morgan fingerprint density at radius 2 is 1.81 bits per heavy atom. The molecular weight excluding hydrogens is 423 g/mol. The number of carbonyl (C=O) groups is 1. The van der Waals surface area contributed by atoms with Gasteiger partial charge in [0.15, 0.2) is 0 Å². The van der Waals surface area contributed by atoms with Crippen LogP contribution in [-0.4, -0.2) is 28.6 Å². The number of halogens is 3. The molecule has 9 heteroatoms. The zero-order valence-electron chi connectivity index (χ0n) is 17.4. The number of benzene rings is 2. The van der Waals surface area contributed by atoms with Crippen LogP contribution in [0.4, 0.5) is 13.2 Å². The lowest BCUT2D eigenvalue weighted by molar-refractivity contribution is -0.125. The predicted molar refractivity (Wildman–Crippen MR) is 112 cm³/mol. The van der Waals surface area contributed by atoms with Gasteiger partial charge in [-0.2, -0.15) is 4.98 Å². The molecule has 0 spiro atoms. The van der Waals surface area contributed by atoms with Crippen molar-refractivity contribution in [3.63, 3.8) is 0 Å². The van der Waals surface area contributed by atoms with Gasteiger partial charge in [-0.1, -0.05) is 0 Å². The molecule has 0 radical (unpaired) electrons. The number of carbonyl (C=O) groups excluding carboxylic acids is 1. The van der Waals surface area contributed by atoms with E-state index >= 15 is 0 Å². The maximum Gasteiger partial charge on any atom is 0.280 e. The molecule has 1 aliphatic rings. The summed E-state index contributed by atoms with van der Waals surface area (Å²) in [6, 6.07) is 6.09. The molecule has 1 heterocycles. The number of hydrogen-bond donors (Lipinski definition) is 1. The summed E-state index contributed by atoms with van der Waals surface area (Å²) in [4.78, 5) is 27.9. The molecule has 1 amide bonds. The van der Waals surface area contributed by atoms with Crippen molar-refractivity contribution < 1.29 is 22.7 Å². The molecule has 1 saturated carbocycles. The summed E-state index contributed by atoms with van der Waals surface area (Å²) in [6.45, 7) is -0.258. The van der Waals surface area contributed by atoms with Crippen LogP contribution in [0.5, 0.6) is 5.75 Å². The maximum atomic E-state index is 14.1. The molecule has 32 heavy (non-hydrogen) atoms. The van der Waals surface area contributed by atoms with E-state index in [1.54, 1.807) is 25.2 Å². The lowest BCUT2D eigenvalue weighted by atomic mass is 9.87. The van der Waals surface area contributed by atoms with Gasteiger partial charge in [-0.15, -0.1) is 0 Å². The van der Waals surface area contributed by atoms with Gasteiger partial charge in [-0.3, -0.25) is 9.59 Å². The Morgan fingerprint density at radius 1 is 1.12 bits per heavy atom. The highest BCUT2D eigenvalue weighted by Gasteiger charge is 2.26. The van der Waals surface area contributed by atoms with Crippen molar-refractivity contribution in [2.75, 3.05) is 7.05 Å². The highest BCUT2D eigenvalue weighted by atomic mass is 19.1. The van der Waals surface area contributed by atoms with Crippen LogP contribution >= 0.6 is 0 Å². The number of rotatable bonds is 5. The van der Waals surface area contributed by atoms with Crippen LogP contribution in [-0.2, 0) is 11.3 Å². The van der Waals surface area contributed by atoms with E-state index in [-0.39, 0.29) is 35.4 Å². The highest BCUT2D eigenvalue weighted by molar-refractivity contribution is 5.80. The van der Waals surface area contributed by atoms with Crippen molar-refractivity contribution in [3.05, 3.63) is 70.0 Å². The highest BCUT2D eigenvalue weighted by Crippen LogP contribution is 2.29. The van der Waals surface area contributed by atoms with Crippen molar-refractivity contribution in [1.29, 1.82) is 0 Å². The normalized spacial score (nSPS) is 18.5. The maximum absolute atomic E-state index is 14.1. The summed E-state index contributed by atoms with van der Waals surface area (Å²) in [5.74, 6) is -2.52. The number of fused-ring (bicyclic) bond motifs is 1. The molecule has 6 nitrogen and oxygen atoms in total. The molecule has 1 N–H and O–H groups in total. The number of amides is 1. The Labute approximate surface area is 182 Å². The zero-order chi connectivity index (χ0) is 22.8. The van der Waals surface area contributed by atoms with Crippen molar-refractivity contribution >= 4 is 16.8 Å². The van der Waals surface area contributed by atoms with E-state index in [9.17, 15) is 22.8 Å². The molecule has 1 fully saturated rings. The van der Waals surface area contributed by atoms with E-state index in [1.807, 2.05) is 0 Å². The molecule has 0 atom stereocenters. The van der Waals surface area contributed by atoms with Crippen molar-refractivity contribution in [2.45, 2.75) is 38.3 Å². The van der Waals surface area contributed by atoms with E-state index in [0.29, 0.717) is 23.4 Å². The smallest absolute Gasteiger partial charge is 0.280 e. The summed E-state index contributed by atoms with van der Waals surface area (Å²) >= 11 is 0. The lowest BCUT2D eigenvalue weighted by Crippen LogP contribution is -2.33. The fourth-order valence-electron chi connectivity index (χ4n) is 4.12. The van der Waals surface area contributed by atoms with Crippen molar-refractivity contribution in [3.8, 4) is 5.75 Å². The Balaban J connectivity index is 1.56. The minimum atomic E-state index is -1.01. The second kappa shape index (κ2) is 9.02. The molecule has 2 aromatic carbocycles. The summed E-state index contributed by atoms with van der Waals surface area (Å²) in [5.41, 5.74) is -0.403. The monoisotopic (exact) mass is 445 g/mol. The fraction of sp³-hybridized carbons (Fsp3) is 0.348. The Kier molecular flexibility index (Phi) is 6.16. The van der Waals surface area contributed by atoms with E-state index in [0.717, 1.165) is 25.7 Å². The molecule has 1 aliphatic carbocycles. The van der Waals surface area contributed by atoms with Gasteiger partial charge in [0.2, 0.25) is 5.91 Å². The number of nitrogens with zero attached hydrogens (tertiary/aromatic N) is 2. The van der Waals surface area contributed by atoms with Gasteiger partial charge in [0.1, 0.15) is 23.2 Å². The molecule has 0 unspecified atom stereocenters. The first-order chi connectivity index (χ1) is 15.4. The summed E-state index contributed by atoms with van der Waals surface area (Å²) in [7, 11) is 1.62. The van der Waals surface area contributed by atoms with E-state index in [4.69, 9.17) is 4.74 Å². The number of hydrogen-bond acceptors (Lipinski definition) is 4. The molecule has 168 valence electrons. The lowest BCUT2D eigenvalue weighted by Gasteiger charge is -2.28. The third-order valence-corrected chi connectivity index (χ3v) is 5.85. The summed E-state index contributed by atoms with van der Waals surface area (Å²) in [6.07, 6.45) is 4.01. The SMILES string of the molecule is CNC(=O)[C@H]1CC[C@H](Oc2ccc3c(c2)c(=O)ncn3Cc2c(F)cc(F)cc2F)CC1. The second-order valence-corrected chi connectivity index (χ2v) is 7.91. The molecule has 0 saturated heterocycles. The zero-order valence-corrected chi connectivity index (χ0v) is 17.4. The molecular formula is C23H22F3N3O3. The average Bonchev–Trinajstić information content (AvgIpc) is 2.77. The van der Waals surface area contributed by atoms with Crippen LogP contribution in [0.3, 0.4) is 0 Å².